The van der Waals surface area contributed by atoms with Gasteiger partial charge in [-0.15, -0.1) is 0 Å². The smallest absolute Gasteiger partial charge is 0.300 e. The largest absolute Gasteiger partial charge is 0.508 e. The van der Waals surface area contributed by atoms with Gasteiger partial charge in [0.25, 0.3) is 11.7 Å². The van der Waals surface area contributed by atoms with E-state index in [9.17, 15) is 19.8 Å². The van der Waals surface area contributed by atoms with E-state index in [4.69, 9.17) is 21.1 Å². The Kier molecular flexibility index (Phi) is 7.45. The number of Topliss-reactive ketones (excluding diaryl/α,β-unsaturated/α-hetero) is 1. The number of amides is 1. The van der Waals surface area contributed by atoms with Gasteiger partial charge in [-0.3, -0.25) is 14.5 Å². The van der Waals surface area contributed by atoms with E-state index in [0.29, 0.717) is 40.8 Å². The number of rotatable bonds is 7. The Morgan fingerprint density at radius 1 is 1.05 bits per heavy atom. The number of benzene rings is 3. The molecule has 1 aliphatic rings. The molecule has 1 amide bonds. The average molecular weight is 522 g/mol. The summed E-state index contributed by atoms with van der Waals surface area (Å²) in [6, 6.07) is 15.0. The first-order valence-electron chi connectivity index (χ1n) is 11.8. The third-order valence-electron chi connectivity index (χ3n) is 6.06. The topological polar surface area (TPSA) is 96.3 Å². The molecule has 0 spiro atoms. The van der Waals surface area contributed by atoms with Crippen LogP contribution in [0.5, 0.6) is 17.2 Å². The average Bonchev–Trinajstić information content (AvgIpc) is 3.13. The van der Waals surface area contributed by atoms with Gasteiger partial charge >= 0.3 is 0 Å². The van der Waals surface area contributed by atoms with Gasteiger partial charge in [0.05, 0.1) is 30.4 Å². The van der Waals surface area contributed by atoms with Crippen LogP contribution in [0.2, 0.25) is 5.02 Å². The van der Waals surface area contributed by atoms with Crippen LogP contribution in [-0.4, -0.2) is 35.6 Å². The highest BCUT2D eigenvalue weighted by molar-refractivity contribution is 6.51. The molecule has 7 nitrogen and oxygen atoms in total. The van der Waals surface area contributed by atoms with E-state index in [1.54, 1.807) is 42.5 Å². The Labute approximate surface area is 220 Å². The zero-order valence-electron chi connectivity index (χ0n) is 21.0. The van der Waals surface area contributed by atoms with Gasteiger partial charge < -0.3 is 19.7 Å². The highest BCUT2D eigenvalue weighted by Crippen LogP contribution is 2.44. The van der Waals surface area contributed by atoms with E-state index >= 15 is 0 Å². The Balaban J connectivity index is 1.86. The lowest BCUT2D eigenvalue weighted by molar-refractivity contribution is -0.132. The molecule has 4 rings (SSSR count). The van der Waals surface area contributed by atoms with Crippen LogP contribution in [0, 0.1) is 12.8 Å². The Bertz CT molecular complexity index is 1400. The zero-order chi connectivity index (χ0) is 26.9. The number of carbonyl (C=O) groups is 2. The number of methoxy groups -OCH3 is 1. The molecule has 0 radical (unpaired) electrons. The summed E-state index contributed by atoms with van der Waals surface area (Å²) in [5.74, 6) is -0.627. The summed E-state index contributed by atoms with van der Waals surface area (Å²) in [5, 5.41) is 21.8. The maximum Gasteiger partial charge on any atom is 0.300 e. The van der Waals surface area contributed by atoms with Gasteiger partial charge in [0, 0.05) is 11.3 Å². The monoisotopic (exact) mass is 521 g/mol. The van der Waals surface area contributed by atoms with Crippen LogP contribution in [-0.2, 0) is 9.59 Å². The van der Waals surface area contributed by atoms with Crippen molar-refractivity contribution in [3.05, 3.63) is 87.9 Å². The molecule has 3 aromatic carbocycles. The van der Waals surface area contributed by atoms with Crippen LogP contribution in [0.1, 0.15) is 36.6 Å². The van der Waals surface area contributed by atoms with Crippen LogP contribution >= 0.6 is 11.6 Å². The first-order chi connectivity index (χ1) is 17.6. The molecule has 1 unspecified atom stereocenters. The normalized spacial score (nSPS) is 16.9. The number of phenolic OH excluding ortho intramolecular Hbond substituents is 1. The van der Waals surface area contributed by atoms with E-state index in [-0.39, 0.29) is 22.1 Å². The summed E-state index contributed by atoms with van der Waals surface area (Å²) in [7, 11) is 1.47. The molecule has 37 heavy (non-hydrogen) atoms. The molecule has 8 heteroatoms. The van der Waals surface area contributed by atoms with E-state index in [2.05, 4.69) is 0 Å². The molecule has 0 bridgehead atoms. The van der Waals surface area contributed by atoms with Crippen LogP contribution in [0.4, 0.5) is 5.69 Å². The highest BCUT2D eigenvalue weighted by atomic mass is 35.5. The summed E-state index contributed by atoms with van der Waals surface area (Å²) in [5.41, 5.74) is 1.83. The number of aromatic hydroxyl groups is 1. The minimum Gasteiger partial charge on any atom is -0.508 e. The third-order valence-corrected chi connectivity index (χ3v) is 6.36. The molecule has 192 valence electrons. The molecule has 1 heterocycles. The van der Waals surface area contributed by atoms with Gasteiger partial charge in [0.1, 0.15) is 23.0 Å². The van der Waals surface area contributed by atoms with Crippen molar-refractivity contribution < 1.29 is 29.3 Å². The number of aliphatic hydroxyl groups is 1. The molecule has 0 aromatic heterocycles. The summed E-state index contributed by atoms with van der Waals surface area (Å²) in [6.45, 7) is 6.48. The SMILES string of the molecule is COc1ccc(N2C(=O)C(=O)/C(=C(/O)c3ccc(OCC(C)C)c(C)c3)C2c2cccc(O)c2)cc1Cl. The first kappa shape index (κ1) is 26.1. The number of phenols is 1. The van der Waals surface area contributed by atoms with E-state index in [1.165, 1.54) is 30.2 Å². The fourth-order valence-electron chi connectivity index (χ4n) is 4.28. The van der Waals surface area contributed by atoms with Crippen LogP contribution in [0.15, 0.2) is 66.2 Å². The van der Waals surface area contributed by atoms with E-state index in [1.807, 2.05) is 20.8 Å². The second-order valence-corrected chi connectivity index (χ2v) is 9.68. The van der Waals surface area contributed by atoms with Crippen molar-refractivity contribution in [1.29, 1.82) is 0 Å². The lowest BCUT2D eigenvalue weighted by atomic mass is 9.94. The quantitative estimate of drug-likeness (QED) is 0.224. The molecule has 2 N–H and O–H groups in total. The number of ether oxygens (including phenoxy) is 2. The number of aliphatic hydroxyl groups excluding tert-OH is 1. The van der Waals surface area contributed by atoms with Crippen LogP contribution in [0.25, 0.3) is 5.76 Å². The highest BCUT2D eigenvalue weighted by Gasteiger charge is 2.47. The van der Waals surface area contributed by atoms with Gasteiger partial charge in [-0.1, -0.05) is 37.6 Å². The summed E-state index contributed by atoms with van der Waals surface area (Å²) in [6.07, 6.45) is 0. The molecule has 0 aliphatic carbocycles. The fourth-order valence-corrected chi connectivity index (χ4v) is 4.54. The van der Waals surface area contributed by atoms with Gasteiger partial charge in [0.15, 0.2) is 0 Å². The third kappa shape index (κ3) is 5.13. The molecule has 0 saturated carbocycles. The summed E-state index contributed by atoms with van der Waals surface area (Å²) >= 11 is 6.32. The Morgan fingerprint density at radius 3 is 2.41 bits per heavy atom. The minimum atomic E-state index is -1.01. The van der Waals surface area contributed by atoms with Crippen molar-refractivity contribution in [3.63, 3.8) is 0 Å². The van der Waals surface area contributed by atoms with Crippen molar-refractivity contribution in [1.82, 2.24) is 0 Å². The predicted molar refractivity (Wildman–Crippen MR) is 142 cm³/mol. The lowest BCUT2D eigenvalue weighted by Crippen LogP contribution is -2.29. The molecular formula is C29H28ClNO6. The molecule has 3 aromatic rings. The number of carbonyl (C=O) groups excluding carboxylic acids is 2. The molecule has 1 saturated heterocycles. The van der Waals surface area contributed by atoms with Gasteiger partial charge in [0.2, 0.25) is 0 Å². The molecular weight excluding hydrogens is 494 g/mol. The Morgan fingerprint density at radius 2 is 1.78 bits per heavy atom. The number of hydrogen-bond donors (Lipinski definition) is 2. The van der Waals surface area contributed by atoms with Gasteiger partial charge in [-0.2, -0.15) is 0 Å². The predicted octanol–water partition coefficient (Wildman–Crippen LogP) is 6.02. The number of ketones is 1. The second kappa shape index (κ2) is 10.6. The number of aryl methyl sites for hydroxylation is 1. The van der Waals surface area contributed by atoms with Crippen molar-refractivity contribution in [2.24, 2.45) is 5.92 Å². The number of hydrogen-bond acceptors (Lipinski definition) is 6. The van der Waals surface area contributed by atoms with Crippen LogP contribution in [0.3, 0.4) is 0 Å². The summed E-state index contributed by atoms with van der Waals surface area (Å²) in [4.78, 5) is 28.0. The Hall–Kier alpha value is -3.97. The second-order valence-electron chi connectivity index (χ2n) is 9.27. The number of nitrogens with zero attached hydrogens (tertiary/aromatic N) is 1. The van der Waals surface area contributed by atoms with Crippen molar-refractivity contribution >= 4 is 34.7 Å². The molecule has 1 atom stereocenters. The van der Waals surface area contributed by atoms with Crippen molar-refractivity contribution in [3.8, 4) is 17.2 Å². The van der Waals surface area contributed by atoms with Crippen molar-refractivity contribution in [2.45, 2.75) is 26.8 Å². The van der Waals surface area contributed by atoms with E-state index < -0.39 is 17.7 Å². The lowest BCUT2D eigenvalue weighted by Gasteiger charge is -2.26. The maximum atomic E-state index is 13.4. The number of anilines is 1. The summed E-state index contributed by atoms with van der Waals surface area (Å²) < 4.78 is 11.0. The van der Waals surface area contributed by atoms with Gasteiger partial charge in [-0.05, 0) is 72.5 Å². The number of halogens is 1. The van der Waals surface area contributed by atoms with Crippen molar-refractivity contribution in [2.75, 3.05) is 18.6 Å². The minimum absolute atomic E-state index is 0.0432. The standard InChI is InChI=1S/C29H28ClNO6/c1-16(2)15-37-23-10-8-19(12-17(23)3)27(33)25-26(18-6-5-7-21(32)13-18)31(29(35)28(25)34)20-9-11-24(36-4)22(30)14-20/h5-14,16,26,32-33H,15H2,1-4H3/b27-25+. The van der Waals surface area contributed by atoms with E-state index in [0.717, 1.165) is 5.56 Å². The van der Waals surface area contributed by atoms with Crippen LogP contribution < -0.4 is 14.4 Å². The zero-order valence-corrected chi connectivity index (χ0v) is 21.7. The molecule has 1 fully saturated rings. The fraction of sp³-hybridized carbons (Fsp3) is 0.241. The maximum absolute atomic E-state index is 13.4. The molecule has 1 aliphatic heterocycles. The first-order valence-corrected chi connectivity index (χ1v) is 12.2. The van der Waals surface area contributed by atoms with Gasteiger partial charge in [-0.25, -0.2) is 0 Å².